The molecule has 0 aromatic carbocycles. The molecule has 25 heavy (non-hydrogen) atoms. The van der Waals surface area contributed by atoms with Crippen LogP contribution in [-0.4, -0.2) is 74.4 Å². The zero-order valence-corrected chi connectivity index (χ0v) is 16.8. The summed E-state index contributed by atoms with van der Waals surface area (Å²) in [6, 6.07) is 0. The van der Waals surface area contributed by atoms with Gasteiger partial charge in [-0.1, -0.05) is 40.5 Å². The van der Waals surface area contributed by atoms with E-state index in [4.69, 9.17) is 15.3 Å². The van der Waals surface area contributed by atoms with Gasteiger partial charge in [-0.3, -0.25) is 0 Å². The molecule has 0 radical (unpaired) electrons. The number of rotatable bonds is 10. The lowest BCUT2D eigenvalue weighted by molar-refractivity contribution is 0.0580. The second-order valence-electron chi connectivity index (χ2n) is 6.51. The van der Waals surface area contributed by atoms with Gasteiger partial charge >= 0.3 is 0 Å². The minimum Gasteiger partial charge on any atom is -0.396 e. The van der Waals surface area contributed by atoms with E-state index in [0.717, 1.165) is 38.5 Å². The van der Waals surface area contributed by atoms with Crippen molar-refractivity contribution in [3.63, 3.8) is 0 Å². The minimum atomic E-state index is -0.306. The van der Waals surface area contributed by atoms with Gasteiger partial charge in [0.1, 0.15) is 0 Å². The summed E-state index contributed by atoms with van der Waals surface area (Å²) in [5.41, 5.74) is 0. The van der Waals surface area contributed by atoms with E-state index in [9.17, 15) is 10.2 Å². The first-order valence-electron chi connectivity index (χ1n) is 9.51. The van der Waals surface area contributed by atoms with E-state index in [0.29, 0.717) is 0 Å². The highest BCUT2D eigenvalue weighted by Crippen LogP contribution is 2.12. The Balaban J connectivity index is -0.000000141. The van der Waals surface area contributed by atoms with Crippen LogP contribution in [0.1, 0.15) is 80.1 Å². The predicted octanol–water partition coefficient (Wildman–Crippen LogP) is 1.54. The Hall–Kier alpha value is 0.332. The molecule has 0 aromatic heterocycles. The summed E-state index contributed by atoms with van der Waals surface area (Å²) < 4.78 is 0. The Morgan fingerprint density at radius 3 is 1.00 bits per heavy atom. The maximum atomic E-state index is 9.35. The van der Waals surface area contributed by atoms with Crippen LogP contribution in [0.25, 0.3) is 0 Å². The van der Waals surface area contributed by atoms with Crippen LogP contribution in [0.15, 0.2) is 0 Å². The van der Waals surface area contributed by atoms with E-state index in [1.165, 1.54) is 0 Å². The molecule has 0 heterocycles. The fraction of sp³-hybridized carbons (Fsp3) is 1.00. The van der Waals surface area contributed by atoms with E-state index >= 15 is 0 Å². The van der Waals surface area contributed by atoms with Gasteiger partial charge in [0.25, 0.3) is 0 Å². The molecule has 0 aliphatic rings. The van der Waals surface area contributed by atoms with Crippen molar-refractivity contribution in [2.75, 3.05) is 13.2 Å². The molecule has 0 spiro atoms. The van der Waals surface area contributed by atoms with Crippen molar-refractivity contribution < 1.29 is 25.5 Å². The Bertz CT molecular complexity index is 199. The van der Waals surface area contributed by atoms with Crippen LogP contribution >= 0.6 is 0 Å². The second kappa shape index (κ2) is 24.3. The lowest BCUT2D eigenvalue weighted by Crippen LogP contribution is -2.22. The quantitative estimate of drug-likeness (QED) is 0.369. The molecule has 0 rings (SSSR count). The average molecular weight is 383 g/mol. The molecule has 0 aliphatic heterocycles. The number of hydrogen-bond acceptors (Lipinski definition) is 5. The van der Waals surface area contributed by atoms with Crippen molar-refractivity contribution in [3.05, 3.63) is 0 Å². The molecule has 0 bridgehead atoms. The normalized spacial score (nSPS) is 14.9. The molecule has 6 heteroatoms. The summed E-state index contributed by atoms with van der Waals surface area (Å²) in [5.74, 6) is 0.167. The highest BCUT2D eigenvalue weighted by molar-refractivity contribution is 5.75. The van der Waals surface area contributed by atoms with Crippen molar-refractivity contribution in [2.24, 2.45) is 11.8 Å². The fourth-order valence-electron chi connectivity index (χ4n) is 2.11. The van der Waals surface area contributed by atoms with Gasteiger partial charge in [-0.25, -0.2) is 0 Å². The van der Waals surface area contributed by atoms with Crippen LogP contribution in [0.5, 0.6) is 0 Å². The molecule has 0 amide bonds. The van der Waals surface area contributed by atoms with E-state index in [1.54, 1.807) is 13.8 Å². The minimum absolute atomic E-state index is 0. The number of hydrogen-bond donors (Lipinski definition) is 5. The first-order chi connectivity index (χ1) is 11.2. The van der Waals surface area contributed by atoms with Crippen LogP contribution in [0, 0.1) is 11.8 Å². The van der Waals surface area contributed by atoms with Crippen LogP contribution < -0.4 is 0 Å². The summed E-state index contributed by atoms with van der Waals surface area (Å²) in [4.78, 5) is 0. The largest absolute Gasteiger partial charge is 0.396 e. The molecule has 156 valence electrons. The Labute approximate surface area is 166 Å². The smallest absolute Gasteiger partial charge is 0.187 e. The first-order valence-corrected chi connectivity index (χ1v) is 9.51. The summed E-state index contributed by atoms with van der Waals surface area (Å²) >= 11 is 0. The van der Waals surface area contributed by atoms with Gasteiger partial charge < -0.3 is 25.5 Å². The molecule has 5 N–H and O–H groups in total. The summed E-state index contributed by atoms with van der Waals surface area (Å²) in [6.45, 7) is 11.7. The van der Waals surface area contributed by atoms with Gasteiger partial charge in [0.15, 0.2) is 17.4 Å². The van der Waals surface area contributed by atoms with Crippen molar-refractivity contribution in [3.8, 4) is 0 Å². The molecule has 0 saturated carbocycles. The maximum absolute atomic E-state index is 9.35. The van der Waals surface area contributed by atoms with Crippen molar-refractivity contribution in [1.29, 1.82) is 0 Å². The maximum Gasteiger partial charge on any atom is 0.187 e. The number of aliphatic hydroxyl groups is 5. The van der Waals surface area contributed by atoms with Gasteiger partial charge in [-0.15, -0.1) is 0 Å². The average Bonchev–Trinajstić information content (AvgIpc) is 2.50. The SMILES string of the molecule is CC(C)O.CCCC(O)C(CC)CO.CCCC(O)C(CC)CO.[AlH3]. The Morgan fingerprint density at radius 1 is 0.640 bits per heavy atom. The monoisotopic (exact) mass is 382 g/mol. The topological polar surface area (TPSA) is 101 Å². The fourth-order valence-corrected chi connectivity index (χ4v) is 2.11. The standard InChI is InChI=1S/2C8H18O2.C3H8O.Al.3H/c2*1-3-5-8(10)7(4-2)6-9;1-3(2)4;;;;/h2*7-10H,3-6H2,1-2H3;3-4H,1-2H3;;;;. The lowest BCUT2D eigenvalue weighted by Gasteiger charge is -2.17. The molecular formula is C19H47AlO5. The summed E-state index contributed by atoms with van der Waals surface area (Å²) in [5, 5.41) is 44.3. The van der Waals surface area contributed by atoms with E-state index < -0.39 is 0 Å². The third-order valence-corrected chi connectivity index (χ3v) is 3.77. The van der Waals surface area contributed by atoms with Crippen LogP contribution in [0.3, 0.4) is 0 Å². The molecule has 4 unspecified atom stereocenters. The summed E-state index contributed by atoms with van der Waals surface area (Å²) in [7, 11) is 0. The summed E-state index contributed by atoms with van der Waals surface area (Å²) in [6.07, 6.45) is 4.52. The zero-order chi connectivity index (χ0) is 19.5. The highest BCUT2D eigenvalue weighted by atomic mass is 27.0. The van der Waals surface area contributed by atoms with Crippen LogP contribution in [-0.2, 0) is 0 Å². The zero-order valence-electron chi connectivity index (χ0n) is 16.8. The van der Waals surface area contributed by atoms with Gasteiger partial charge in [-0.2, -0.15) is 0 Å². The molecule has 0 fully saturated rings. The van der Waals surface area contributed by atoms with Crippen LogP contribution in [0.2, 0.25) is 0 Å². The molecule has 0 aliphatic carbocycles. The molecular weight excluding hydrogens is 335 g/mol. The van der Waals surface area contributed by atoms with E-state index in [-0.39, 0.29) is 60.7 Å². The Morgan fingerprint density at radius 2 is 0.880 bits per heavy atom. The van der Waals surface area contributed by atoms with Crippen molar-refractivity contribution in [2.45, 2.75) is 98.4 Å². The van der Waals surface area contributed by atoms with Gasteiger partial charge in [0.2, 0.25) is 0 Å². The van der Waals surface area contributed by atoms with E-state index in [1.807, 2.05) is 27.7 Å². The van der Waals surface area contributed by atoms with Crippen LogP contribution in [0.4, 0.5) is 0 Å². The van der Waals surface area contributed by atoms with Gasteiger partial charge in [0.05, 0.1) is 12.2 Å². The molecule has 5 nitrogen and oxygen atoms in total. The molecule has 0 aromatic rings. The van der Waals surface area contributed by atoms with Crippen molar-refractivity contribution >= 4 is 17.4 Å². The lowest BCUT2D eigenvalue weighted by atomic mass is 9.97. The predicted molar refractivity (Wildman–Crippen MR) is 111 cm³/mol. The number of aliphatic hydroxyl groups excluding tert-OH is 5. The van der Waals surface area contributed by atoms with Crippen molar-refractivity contribution in [1.82, 2.24) is 0 Å². The first kappa shape index (κ1) is 33.0. The second-order valence-corrected chi connectivity index (χ2v) is 6.51. The van der Waals surface area contributed by atoms with Gasteiger partial charge in [-0.05, 0) is 39.5 Å². The Kier molecular flexibility index (Phi) is 32.1. The highest BCUT2D eigenvalue weighted by Gasteiger charge is 2.15. The van der Waals surface area contributed by atoms with E-state index in [2.05, 4.69) is 0 Å². The molecule has 0 saturated heterocycles. The third kappa shape index (κ3) is 24.3. The van der Waals surface area contributed by atoms with Gasteiger partial charge in [0, 0.05) is 31.2 Å². The third-order valence-electron chi connectivity index (χ3n) is 3.77. The molecule has 4 atom stereocenters.